The largest absolute Gasteiger partial charge is 0.347 e. The van der Waals surface area contributed by atoms with Crippen LogP contribution < -0.4 is 9.80 Å². The molecule has 1 saturated carbocycles. The van der Waals surface area contributed by atoms with Gasteiger partial charge in [-0.2, -0.15) is 15.0 Å². The molecule has 0 atom stereocenters. The van der Waals surface area contributed by atoms with E-state index in [9.17, 15) is 0 Å². The number of halogens is 1. The van der Waals surface area contributed by atoms with Gasteiger partial charge in [0.1, 0.15) is 0 Å². The third kappa shape index (κ3) is 3.02. The number of rotatable bonds is 3. The Hall–Kier alpha value is -1.10. The number of aromatic nitrogens is 3. The molecule has 1 aromatic rings. The number of hydrogen-bond acceptors (Lipinski definition) is 5. The van der Waals surface area contributed by atoms with Crippen molar-refractivity contribution in [1.29, 1.82) is 0 Å². The van der Waals surface area contributed by atoms with Gasteiger partial charge in [-0.1, -0.05) is 19.3 Å². The molecular formula is C12H20ClN5. The zero-order valence-corrected chi connectivity index (χ0v) is 12.0. The van der Waals surface area contributed by atoms with Crippen LogP contribution in [0.3, 0.4) is 0 Å². The second kappa shape index (κ2) is 5.69. The fourth-order valence-corrected chi connectivity index (χ4v) is 2.47. The van der Waals surface area contributed by atoms with Gasteiger partial charge in [-0.05, 0) is 24.4 Å². The minimum Gasteiger partial charge on any atom is -0.347 e. The van der Waals surface area contributed by atoms with Gasteiger partial charge in [-0.15, -0.1) is 0 Å². The quantitative estimate of drug-likeness (QED) is 0.843. The molecule has 0 bridgehead atoms. The molecule has 0 spiro atoms. The van der Waals surface area contributed by atoms with Crippen LogP contribution in [-0.2, 0) is 0 Å². The summed E-state index contributed by atoms with van der Waals surface area (Å²) in [6.07, 6.45) is 6.32. The summed E-state index contributed by atoms with van der Waals surface area (Å²) in [6.45, 7) is 0. The average Bonchev–Trinajstić information content (AvgIpc) is 2.38. The number of nitrogens with zero attached hydrogens (tertiary/aromatic N) is 5. The minimum atomic E-state index is 0.256. The lowest BCUT2D eigenvalue weighted by atomic mass is 9.95. The van der Waals surface area contributed by atoms with Crippen molar-refractivity contribution >= 4 is 23.5 Å². The third-order valence-corrected chi connectivity index (χ3v) is 3.59. The van der Waals surface area contributed by atoms with Crippen molar-refractivity contribution in [1.82, 2.24) is 15.0 Å². The predicted octanol–water partition coefficient (Wildman–Crippen LogP) is 2.36. The van der Waals surface area contributed by atoms with E-state index in [2.05, 4.69) is 19.9 Å². The van der Waals surface area contributed by atoms with Gasteiger partial charge in [-0.3, -0.25) is 0 Å². The van der Waals surface area contributed by atoms with E-state index in [-0.39, 0.29) is 5.28 Å². The predicted molar refractivity (Wildman–Crippen MR) is 74.4 cm³/mol. The lowest BCUT2D eigenvalue weighted by molar-refractivity contribution is 0.424. The summed E-state index contributed by atoms with van der Waals surface area (Å²) >= 11 is 5.96. The summed E-state index contributed by atoms with van der Waals surface area (Å²) in [5.41, 5.74) is 0. The van der Waals surface area contributed by atoms with Crippen LogP contribution in [0.2, 0.25) is 5.28 Å². The average molecular weight is 270 g/mol. The summed E-state index contributed by atoms with van der Waals surface area (Å²) in [6, 6.07) is 0.521. The summed E-state index contributed by atoms with van der Waals surface area (Å²) in [4.78, 5) is 16.8. The lowest BCUT2D eigenvalue weighted by Gasteiger charge is -2.31. The van der Waals surface area contributed by atoms with E-state index in [1.54, 1.807) is 0 Å². The first-order chi connectivity index (χ1) is 8.58. The molecule has 0 saturated heterocycles. The first-order valence-corrected chi connectivity index (χ1v) is 6.77. The van der Waals surface area contributed by atoms with Crippen molar-refractivity contribution in [2.24, 2.45) is 0 Å². The van der Waals surface area contributed by atoms with Crippen LogP contribution in [0.5, 0.6) is 0 Å². The molecule has 1 aromatic heterocycles. The van der Waals surface area contributed by atoms with Crippen LogP contribution in [0.4, 0.5) is 11.9 Å². The molecule has 1 aliphatic carbocycles. The summed E-state index contributed by atoms with van der Waals surface area (Å²) in [7, 11) is 5.84. The van der Waals surface area contributed by atoms with Crippen LogP contribution in [-0.4, -0.2) is 42.1 Å². The molecule has 100 valence electrons. The maximum Gasteiger partial charge on any atom is 0.231 e. The Labute approximate surface area is 113 Å². The Bertz CT molecular complexity index is 403. The van der Waals surface area contributed by atoms with Crippen molar-refractivity contribution in [2.75, 3.05) is 30.9 Å². The van der Waals surface area contributed by atoms with Gasteiger partial charge < -0.3 is 9.80 Å². The lowest BCUT2D eigenvalue weighted by Crippen LogP contribution is -2.35. The van der Waals surface area contributed by atoms with Gasteiger partial charge in [0.2, 0.25) is 17.2 Å². The number of hydrogen-bond donors (Lipinski definition) is 0. The van der Waals surface area contributed by atoms with Gasteiger partial charge >= 0.3 is 0 Å². The van der Waals surface area contributed by atoms with E-state index in [0.717, 1.165) is 0 Å². The molecule has 0 unspecified atom stereocenters. The normalized spacial score (nSPS) is 16.7. The summed E-state index contributed by atoms with van der Waals surface area (Å²) in [5, 5.41) is 0.256. The SMILES string of the molecule is CN(C)c1nc(Cl)nc(N(C)C2CCCCC2)n1. The van der Waals surface area contributed by atoms with Gasteiger partial charge in [0.25, 0.3) is 0 Å². The Balaban J connectivity index is 2.20. The van der Waals surface area contributed by atoms with Crippen LogP contribution in [0.25, 0.3) is 0 Å². The second-order valence-corrected chi connectivity index (χ2v) is 5.34. The molecule has 5 nitrogen and oxygen atoms in total. The molecule has 6 heteroatoms. The first-order valence-electron chi connectivity index (χ1n) is 6.39. The molecule has 0 radical (unpaired) electrons. The zero-order chi connectivity index (χ0) is 13.1. The highest BCUT2D eigenvalue weighted by Crippen LogP contribution is 2.25. The highest BCUT2D eigenvalue weighted by molar-refractivity contribution is 6.28. The van der Waals surface area contributed by atoms with Crippen molar-refractivity contribution in [2.45, 2.75) is 38.1 Å². The molecule has 1 aliphatic rings. The standard InChI is InChI=1S/C12H20ClN5/c1-17(2)11-14-10(13)15-12(16-11)18(3)9-7-5-4-6-8-9/h9H,4-8H2,1-3H3. The van der Waals surface area contributed by atoms with E-state index in [1.807, 2.05) is 26.0 Å². The minimum absolute atomic E-state index is 0.256. The zero-order valence-electron chi connectivity index (χ0n) is 11.2. The summed E-state index contributed by atoms with van der Waals surface area (Å²) < 4.78 is 0. The molecule has 2 rings (SSSR count). The molecule has 0 amide bonds. The van der Waals surface area contributed by atoms with Gasteiger partial charge in [-0.25, -0.2) is 0 Å². The van der Waals surface area contributed by atoms with E-state index in [0.29, 0.717) is 17.9 Å². The van der Waals surface area contributed by atoms with E-state index < -0.39 is 0 Å². The molecule has 0 aromatic carbocycles. The van der Waals surface area contributed by atoms with E-state index >= 15 is 0 Å². The Morgan fingerprint density at radius 3 is 2.17 bits per heavy atom. The monoisotopic (exact) mass is 269 g/mol. The molecule has 0 N–H and O–H groups in total. The summed E-state index contributed by atoms with van der Waals surface area (Å²) in [5.74, 6) is 1.28. The van der Waals surface area contributed by atoms with Crippen molar-refractivity contribution in [3.63, 3.8) is 0 Å². The molecular weight excluding hydrogens is 250 g/mol. The smallest absolute Gasteiger partial charge is 0.231 e. The van der Waals surface area contributed by atoms with Crippen LogP contribution in [0.1, 0.15) is 32.1 Å². The molecule has 18 heavy (non-hydrogen) atoms. The van der Waals surface area contributed by atoms with Crippen molar-refractivity contribution < 1.29 is 0 Å². The van der Waals surface area contributed by atoms with Crippen LogP contribution >= 0.6 is 11.6 Å². The molecule has 1 fully saturated rings. The van der Waals surface area contributed by atoms with Crippen molar-refractivity contribution in [3.8, 4) is 0 Å². The fourth-order valence-electron chi connectivity index (χ4n) is 2.32. The van der Waals surface area contributed by atoms with E-state index in [4.69, 9.17) is 11.6 Å². The molecule has 1 heterocycles. The maximum absolute atomic E-state index is 5.96. The van der Waals surface area contributed by atoms with Gasteiger partial charge in [0.05, 0.1) is 0 Å². The Morgan fingerprint density at radius 1 is 0.944 bits per heavy atom. The van der Waals surface area contributed by atoms with E-state index in [1.165, 1.54) is 32.1 Å². The first kappa shape index (κ1) is 13.3. The highest BCUT2D eigenvalue weighted by atomic mass is 35.5. The van der Waals surface area contributed by atoms with Crippen LogP contribution in [0, 0.1) is 0 Å². The van der Waals surface area contributed by atoms with Crippen molar-refractivity contribution in [3.05, 3.63) is 5.28 Å². The highest BCUT2D eigenvalue weighted by Gasteiger charge is 2.21. The van der Waals surface area contributed by atoms with Crippen LogP contribution in [0.15, 0.2) is 0 Å². The fraction of sp³-hybridized carbons (Fsp3) is 0.750. The second-order valence-electron chi connectivity index (χ2n) is 5.00. The Morgan fingerprint density at radius 2 is 1.56 bits per heavy atom. The topological polar surface area (TPSA) is 45.2 Å². The van der Waals surface area contributed by atoms with Gasteiger partial charge in [0, 0.05) is 27.2 Å². The van der Waals surface area contributed by atoms with Gasteiger partial charge in [0.15, 0.2) is 0 Å². The third-order valence-electron chi connectivity index (χ3n) is 3.42. The maximum atomic E-state index is 5.96. The Kier molecular flexibility index (Phi) is 4.22. The number of anilines is 2. The molecule has 0 aliphatic heterocycles.